The summed E-state index contributed by atoms with van der Waals surface area (Å²) < 4.78 is 5.81. The lowest BCUT2D eigenvalue weighted by atomic mass is 10.1. The average Bonchev–Trinajstić information content (AvgIpc) is 2.63. The Hall–Kier alpha value is -2.16. The molecule has 3 aromatic carbocycles. The third-order valence-electron chi connectivity index (χ3n) is 4.37. The van der Waals surface area contributed by atoms with Gasteiger partial charge in [-0.05, 0) is 66.9 Å². The fourth-order valence-corrected chi connectivity index (χ4v) is 3.09. The van der Waals surface area contributed by atoms with E-state index >= 15 is 0 Å². The van der Waals surface area contributed by atoms with E-state index in [0.717, 1.165) is 23.5 Å². The molecule has 0 saturated heterocycles. The molecule has 1 N–H and O–H groups in total. The van der Waals surface area contributed by atoms with Crippen LogP contribution in [0, 0.1) is 13.8 Å². The van der Waals surface area contributed by atoms with Crippen molar-refractivity contribution in [1.29, 1.82) is 0 Å². The predicted molar refractivity (Wildman–Crippen MR) is 110 cm³/mol. The lowest BCUT2D eigenvalue weighted by molar-refractivity contribution is 0.306. The first kappa shape index (κ1) is 18.6. The van der Waals surface area contributed by atoms with Gasteiger partial charge in [-0.3, -0.25) is 0 Å². The van der Waals surface area contributed by atoms with Crippen LogP contribution in [0.4, 0.5) is 5.69 Å². The fourth-order valence-electron chi connectivity index (χ4n) is 2.58. The normalized spacial score (nSPS) is 10.6. The van der Waals surface area contributed by atoms with Crippen LogP contribution in [0.1, 0.15) is 22.3 Å². The molecule has 0 bridgehead atoms. The van der Waals surface area contributed by atoms with E-state index in [0.29, 0.717) is 16.7 Å². The minimum absolute atomic E-state index is 0.346. The first-order valence-electron chi connectivity index (χ1n) is 8.48. The number of anilines is 1. The van der Waals surface area contributed by atoms with Gasteiger partial charge in [-0.25, -0.2) is 0 Å². The van der Waals surface area contributed by atoms with Gasteiger partial charge in [0.2, 0.25) is 0 Å². The van der Waals surface area contributed by atoms with Crippen LogP contribution >= 0.6 is 23.2 Å². The van der Waals surface area contributed by atoms with Crippen molar-refractivity contribution in [2.45, 2.75) is 27.0 Å². The standard InChI is InChI=1S/C22H21Cl2NO/c1-15-6-9-18(12-16(15)2)25-13-17-7-10-19(11-8-17)26-14-20-21(23)4-3-5-22(20)24/h3-12,25H,13-14H2,1-2H3. The molecule has 0 aliphatic carbocycles. The largest absolute Gasteiger partial charge is 0.489 e. The van der Waals surface area contributed by atoms with Crippen LogP contribution in [0.5, 0.6) is 5.75 Å². The number of hydrogen-bond acceptors (Lipinski definition) is 2. The van der Waals surface area contributed by atoms with Crippen molar-refractivity contribution < 1.29 is 4.74 Å². The van der Waals surface area contributed by atoms with Gasteiger partial charge in [-0.2, -0.15) is 0 Å². The number of benzene rings is 3. The Kier molecular flexibility index (Phi) is 6.08. The molecule has 0 unspecified atom stereocenters. The molecule has 3 rings (SSSR count). The van der Waals surface area contributed by atoms with Gasteiger partial charge in [0.15, 0.2) is 0 Å². The zero-order valence-corrected chi connectivity index (χ0v) is 16.4. The van der Waals surface area contributed by atoms with Crippen LogP contribution in [0.2, 0.25) is 10.0 Å². The van der Waals surface area contributed by atoms with Gasteiger partial charge >= 0.3 is 0 Å². The maximum atomic E-state index is 6.17. The number of rotatable bonds is 6. The van der Waals surface area contributed by atoms with Gasteiger partial charge < -0.3 is 10.1 Å². The molecule has 0 spiro atoms. The Bertz CT molecular complexity index is 871. The molecule has 0 radical (unpaired) electrons. The van der Waals surface area contributed by atoms with Crippen molar-refractivity contribution in [3.63, 3.8) is 0 Å². The second kappa shape index (κ2) is 8.48. The highest BCUT2D eigenvalue weighted by Crippen LogP contribution is 2.26. The summed E-state index contributed by atoms with van der Waals surface area (Å²) in [5.41, 5.74) is 5.71. The lowest BCUT2D eigenvalue weighted by Crippen LogP contribution is -2.01. The van der Waals surface area contributed by atoms with E-state index < -0.39 is 0 Å². The second-order valence-corrected chi connectivity index (χ2v) is 7.10. The Morgan fingerprint density at radius 2 is 1.54 bits per heavy atom. The smallest absolute Gasteiger partial charge is 0.119 e. The summed E-state index contributed by atoms with van der Waals surface area (Å²) in [4.78, 5) is 0. The molecule has 0 amide bonds. The van der Waals surface area contributed by atoms with Crippen molar-refractivity contribution >= 4 is 28.9 Å². The monoisotopic (exact) mass is 385 g/mol. The van der Waals surface area contributed by atoms with E-state index in [1.54, 1.807) is 0 Å². The highest BCUT2D eigenvalue weighted by molar-refractivity contribution is 6.35. The average molecular weight is 386 g/mol. The van der Waals surface area contributed by atoms with E-state index in [1.807, 2.05) is 30.3 Å². The number of ether oxygens (including phenoxy) is 1. The molecule has 0 fully saturated rings. The highest BCUT2D eigenvalue weighted by Gasteiger charge is 2.06. The summed E-state index contributed by atoms with van der Waals surface area (Å²) in [6.07, 6.45) is 0. The van der Waals surface area contributed by atoms with Crippen LogP contribution in [-0.4, -0.2) is 0 Å². The van der Waals surface area contributed by atoms with Gasteiger partial charge in [0, 0.05) is 27.8 Å². The second-order valence-electron chi connectivity index (χ2n) is 6.29. The number of nitrogens with one attached hydrogen (secondary N) is 1. The van der Waals surface area contributed by atoms with E-state index in [-0.39, 0.29) is 0 Å². The van der Waals surface area contributed by atoms with Crippen LogP contribution in [0.25, 0.3) is 0 Å². The molecule has 0 saturated carbocycles. The molecule has 26 heavy (non-hydrogen) atoms. The Morgan fingerprint density at radius 1 is 0.846 bits per heavy atom. The Balaban J connectivity index is 1.57. The molecule has 0 atom stereocenters. The molecule has 0 aliphatic heterocycles. The minimum atomic E-state index is 0.346. The maximum absolute atomic E-state index is 6.17. The van der Waals surface area contributed by atoms with E-state index in [4.69, 9.17) is 27.9 Å². The molecule has 0 aliphatic rings. The molecule has 2 nitrogen and oxygen atoms in total. The Labute approximate surface area is 164 Å². The molecule has 4 heteroatoms. The topological polar surface area (TPSA) is 21.3 Å². The molecular weight excluding hydrogens is 365 g/mol. The van der Waals surface area contributed by atoms with Crippen molar-refractivity contribution in [3.8, 4) is 5.75 Å². The quantitative estimate of drug-likeness (QED) is 0.503. The van der Waals surface area contributed by atoms with Crippen LogP contribution in [-0.2, 0) is 13.2 Å². The number of aryl methyl sites for hydroxylation is 2. The third-order valence-corrected chi connectivity index (χ3v) is 5.08. The number of hydrogen-bond donors (Lipinski definition) is 1. The summed E-state index contributed by atoms with van der Waals surface area (Å²) in [5.74, 6) is 0.788. The minimum Gasteiger partial charge on any atom is -0.489 e. The molecular formula is C22H21Cl2NO. The van der Waals surface area contributed by atoms with E-state index in [1.165, 1.54) is 16.7 Å². The lowest BCUT2D eigenvalue weighted by Gasteiger charge is -2.11. The van der Waals surface area contributed by atoms with Crippen LogP contribution < -0.4 is 10.1 Å². The SMILES string of the molecule is Cc1ccc(NCc2ccc(OCc3c(Cl)cccc3Cl)cc2)cc1C. The molecule has 0 aromatic heterocycles. The van der Waals surface area contributed by atoms with Crippen molar-refractivity contribution in [1.82, 2.24) is 0 Å². The first-order valence-corrected chi connectivity index (χ1v) is 9.24. The van der Waals surface area contributed by atoms with Gasteiger partial charge in [-0.15, -0.1) is 0 Å². The third kappa shape index (κ3) is 4.72. The number of halogens is 2. The molecule has 3 aromatic rings. The van der Waals surface area contributed by atoms with Crippen LogP contribution in [0.3, 0.4) is 0 Å². The van der Waals surface area contributed by atoms with Crippen molar-refractivity contribution in [2.75, 3.05) is 5.32 Å². The zero-order chi connectivity index (χ0) is 18.5. The van der Waals surface area contributed by atoms with E-state index in [2.05, 4.69) is 49.5 Å². The van der Waals surface area contributed by atoms with Crippen LogP contribution in [0.15, 0.2) is 60.7 Å². The highest BCUT2D eigenvalue weighted by atomic mass is 35.5. The zero-order valence-electron chi connectivity index (χ0n) is 14.9. The van der Waals surface area contributed by atoms with E-state index in [9.17, 15) is 0 Å². The summed E-state index contributed by atoms with van der Waals surface area (Å²) in [6.45, 7) is 5.35. The molecule has 0 heterocycles. The Morgan fingerprint density at radius 3 is 2.19 bits per heavy atom. The first-order chi connectivity index (χ1) is 12.5. The molecule has 134 valence electrons. The van der Waals surface area contributed by atoms with Gasteiger partial charge in [0.05, 0.1) is 0 Å². The van der Waals surface area contributed by atoms with Crippen molar-refractivity contribution in [2.24, 2.45) is 0 Å². The summed E-state index contributed by atoms with van der Waals surface area (Å²) in [5, 5.41) is 4.68. The summed E-state index contributed by atoms with van der Waals surface area (Å²) >= 11 is 12.3. The van der Waals surface area contributed by atoms with Crippen molar-refractivity contribution in [3.05, 3.63) is 93.0 Å². The van der Waals surface area contributed by atoms with Gasteiger partial charge in [-0.1, -0.05) is 47.5 Å². The predicted octanol–water partition coefficient (Wildman–Crippen LogP) is 6.80. The van der Waals surface area contributed by atoms with Gasteiger partial charge in [0.1, 0.15) is 12.4 Å². The summed E-state index contributed by atoms with van der Waals surface area (Å²) in [7, 11) is 0. The maximum Gasteiger partial charge on any atom is 0.119 e. The van der Waals surface area contributed by atoms with Gasteiger partial charge in [0.25, 0.3) is 0 Å². The fraction of sp³-hybridized carbons (Fsp3) is 0.182. The summed E-state index contributed by atoms with van der Waals surface area (Å²) in [6, 6.07) is 19.9.